The van der Waals surface area contributed by atoms with Gasteiger partial charge in [-0.05, 0) is 35.8 Å². The van der Waals surface area contributed by atoms with E-state index in [4.69, 9.17) is 9.84 Å². The number of nitrogens with zero attached hydrogens (tertiary/aromatic N) is 1. The van der Waals surface area contributed by atoms with Crippen LogP contribution in [-0.2, 0) is 20.4 Å². The van der Waals surface area contributed by atoms with Crippen LogP contribution in [0.25, 0.3) is 0 Å². The van der Waals surface area contributed by atoms with Crippen LogP contribution in [0.5, 0.6) is 5.75 Å². The zero-order valence-corrected chi connectivity index (χ0v) is 17.1. The Bertz CT molecular complexity index is 919. The maximum Gasteiger partial charge on any atom is 0.328 e. The van der Waals surface area contributed by atoms with E-state index in [2.05, 4.69) is 52.0 Å². The Morgan fingerprint density at radius 1 is 1.07 bits per heavy atom. The van der Waals surface area contributed by atoms with Gasteiger partial charge in [-0.2, -0.15) is 0 Å². The quantitative estimate of drug-likeness (QED) is 0.486. The highest BCUT2D eigenvalue weighted by Crippen LogP contribution is 2.46. The number of hydrogen-bond donors (Lipinski definition) is 1. The average molecular weight is 381 g/mol. The molecular formula is C23H27NO4. The Labute approximate surface area is 166 Å². The van der Waals surface area contributed by atoms with Crippen LogP contribution in [0.15, 0.2) is 48.1 Å². The van der Waals surface area contributed by atoms with Crippen LogP contribution in [0.2, 0.25) is 0 Å². The molecule has 0 atom stereocenters. The van der Waals surface area contributed by atoms with E-state index in [1.54, 1.807) is 11.8 Å². The first-order chi connectivity index (χ1) is 13.0. The molecule has 0 spiro atoms. The van der Waals surface area contributed by atoms with Crippen LogP contribution >= 0.6 is 0 Å². The average Bonchev–Trinajstić information content (AvgIpc) is 2.61. The van der Waals surface area contributed by atoms with E-state index < -0.39 is 5.97 Å². The lowest BCUT2D eigenvalue weighted by molar-refractivity contribution is -0.131. The molecule has 0 radical (unpaired) electrons. The highest BCUT2D eigenvalue weighted by molar-refractivity contribution is 6.03. The molecule has 3 rings (SSSR count). The Kier molecular flexibility index (Phi) is 4.96. The predicted octanol–water partition coefficient (Wildman–Crippen LogP) is 4.12. The molecule has 1 N–H and O–H groups in total. The van der Waals surface area contributed by atoms with E-state index in [9.17, 15) is 9.59 Å². The molecule has 0 bridgehead atoms. The Morgan fingerprint density at radius 2 is 1.68 bits per heavy atom. The molecule has 0 aromatic heterocycles. The summed E-state index contributed by atoms with van der Waals surface area (Å²) in [6.45, 7) is 11.2. The standard InChI is InChI=1S/C23H27NO4/c1-15(12-21(26)27)6-7-20(25)24-10-11-28-19-14-17-16(13-18(19)24)22(2,3)8-9-23(17,4)5/h6-9,12-14H,10-11H2,1-5H3,(H,26,27)/b7-6+,15-12+. The first-order valence-corrected chi connectivity index (χ1v) is 9.44. The van der Waals surface area contributed by atoms with Gasteiger partial charge in [0.2, 0.25) is 0 Å². The van der Waals surface area contributed by atoms with Crippen LogP contribution < -0.4 is 9.64 Å². The zero-order valence-electron chi connectivity index (χ0n) is 17.1. The fraction of sp³-hybridized carbons (Fsp3) is 0.391. The molecule has 0 unspecified atom stereocenters. The highest BCUT2D eigenvalue weighted by Gasteiger charge is 2.35. The van der Waals surface area contributed by atoms with Crippen molar-refractivity contribution in [1.82, 2.24) is 0 Å². The number of fused-ring (bicyclic) bond motifs is 2. The summed E-state index contributed by atoms with van der Waals surface area (Å²) < 4.78 is 5.88. The maximum atomic E-state index is 12.8. The van der Waals surface area contributed by atoms with Crippen molar-refractivity contribution in [2.75, 3.05) is 18.1 Å². The zero-order chi connectivity index (χ0) is 20.7. The smallest absolute Gasteiger partial charge is 0.328 e. The second-order valence-corrected chi connectivity index (χ2v) is 8.54. The Hall–Kier alpha value is -2.82. The molecule has 1 amide bonds. The van der Waals surface area contributed by atoms with Gasteiger partial charge >= 0.3 is 5.97 Å². The molecule has 28 heavy (non-hydrogen) atoms. The van der Waals surface area contributed by atoms with Crippen molar-refractivity contribution in [3.8, 4) is 5.75 Å². The number of rotatable bonds is 3. The number of carbonyl (C=O) groups is 2. The van der Waals surface area contributed by atoms with Gasteiger partial charge in [-0.1, -0.05) is 45.9 Å². The van der Waals surface area contributed by atoms with E-state index >= 15 is 0 Å². The van der Waals surface area contributed by atoms with Gasteiger partial charge in [0, 0.05) is 23.0 Å². The summed E-state index contributed by atoms with van der Waals surface area (Å²) in [7, 11) is 0. The van der Waals surface area contributed by atoms with Gasteiger partial charge in [-0.3, -0.25) is 4.79 Å². The lowest BCUT2D eigenvalue weighted by Crippen LogP contribution is -2.38. The van der Waals surface area contributed by atoms with Crippen molar-refractivity contribution >= 4 is 17.6 Å². The monoisotopic (exact) mass is 381 g/mol. The maximum absolute atomic E-state index is 12.8. The third kappa shape index (κ3) is 3.75. The van der Waals surface area contributed by atoms with Gasteiger partial charge in [-0.25, -0.2) is 4.79 Å². The molecule has 0 saturated heterocycles. The van der Waals surface area contributed by atoms with Crippen LogP contribution in [0.4, 0.5) is 5.69 Å². The first-order valence-electron chi connectivity index (χ1n) is 9.44. The van der Waals surface area contributed by atoms with Crippen molar-refractivity contribution in [2.24, 2.45) is 0 Å². The highest BCUT2D eigenvalue weighted by atomic mass is 16.5. The Morgan fingerprint density at radius 3 is 2.29 bits per heavy atom. The number of carbonyl (C=O) groups excluding carboxylic acids is 1. The molecule has 2 aliphatic rings. The van der Waals surface area contributed by atoms with Crippen molar-refractivity contribution in [2.45, 2.75) is 45.4 Å². The lowest BCUT2D eigenvalue weighted by Gasteiger charge is -2.39. The predicted molar refractivity (Wildman–Crippen MR) is 110 cm³/mol. The van der Waals surface area contributed by atoms with Crippen molar-refractivity contribution < 1.29 is 19.4 Å². The van der Waals surface area contributed by atoms with Gasteiger partial charge in [0.05, 0.1) is 12.2 Å². The number of anilines is 1. The van der Waals surface area contributed by atoms with Crippen LogP contribution in [0.3, 0.4) is 0 Å². The second kappa shape index (κ2) is 6.97. The number of carboxylic acids is 1. The number of allylic oxidation sites excluding steroid dienone is 4. The molecule has 5 heteroatoms. The fourth-order valence-corrected chi connectivity index (χ4v) is 3.69. The minimum Gasteiger partial charge on any atom is -0.490 e. The van der Waals surface area contributed by atoms with Gasteiger partial charge < -0.3 is 14.7 Å². The topological polar surface area (TPSA) is 66.8 Å². The third-order valence-corrected chi connectivity index (χ3v) is 5.37. The van der Waals surface area contributed by atoms with Crippen molar-refractivity contribution in [1.29, 1.82) is 0 Å². The summed E-state index contributed by atoms with van der Waals surface area (Å²) in [5.74, 6) is -0.509. The molecule has 5 nitrogen and oxygen atoms in total. The molecule has 148 valence electrons. The van der Waals surface area contributed by atoms with Gasteiger partial charge in [0.1, 0.15) is 12.4 Å². The van der Waals surface area contributed by atoms with E-state index in [-0.39, 0.29) is 16.7 Å². The SMILES string of the molecule is CC(/C=C/C(=O)N1CCOc2cc3c(cc21)C(C)(C)C=CC3(C)C)=C\C(=O)O. The lowest BCUT2D eigenvalue weighted by atomic mass is 9.68. The van der Waals surface area contributed by atoms with E-state index in [0.29, 0.717) is 24.5 Å². The van der Waals surface area contributed by atoms with Crippen molar-refractivity contribution in [3.05, 3.63) is 59.2 Å². The van der Waals surface area contributed by atoms with E-state index in [0.717, 1.165) is 11.8 Å². The molecule has 0 fully saturated rings. The van der Waals surface area contributed by atoms with Gasteiger partial charge in [-0.15, -0.1) is 0 Å². The first kappa shape index (κ1) is 19.9. The molecule has 1 aromatic carbocycles. The van der Waals surface area contributed by atoms with Crippen LogP contribution in [0, 0.1) is 0 Å². The summed E-state index contributed by atoms with van der Waals surface area (Å²) in [4.78, 5) is 25.2. The minimum absolute atomic E-state index is 0.103. The molecule has 1 aliphatic heterocycles. The summed E-state index contributed by atoms with van der Waals surface area (Å²) in [5, 5.41) is 8.80. The summed E-state index contributed by atoms with van der Waals surface area (Å²) in [6, 6.07) is 4.13. The normalized spacial score (nSPS) is 19.8. The summed E-state index contributed by atoms with van der Waals surface area (Å²) in [5.41, 5.74) is 3.43. The van der Waals surface area contributed by atoms with Crippen molar-refractivity contribution in [3.63, 3.8) is 0 Å². The summed E-state index contributed by atoms with van der Waals surface area (Å²) in [6.07, 6.45) is 8.47. The Balaban J connectivity index is 2.00. The summed E-state index contributed by atoms with van der Waals surface area (Å²) >= 11 is 0. The van der Waals surface area contributed by atoms with Crippen LogP contribution in [-0.4, -0.2) is 30.1 Å². The van der Waals surface area contributed by atoms with Gasteiger partial charge in [0.25, 0.3) is 5.91 Å². The minimum atomic E-state index is -1.03. The number of benzene rings is 1. The van der Waals surface area contributed by atoms with E-state index in [1.165, 1.54) is 23.3 Å². The number of amides is 1. The molecule has 1 aromatic rings. The number of carboxylic acid groups (broad SMARTS) is 1. The van der Waals surface area contributed by atoms with E-state index in [1.807, 2.05) is 0 Å². The molecule has 0 saturated carbocycles. The third-order valence-electron chi connectivity index (χ3n) is 5.37. The number of hydrogen-bond acceptors (Lipinski definition) is 3. The second-order valence-electron chi connectivity index (χ2n) is 8.54. The number of aliphatic carboxylic acids is 1. The molecule has 1 heterocycles. The largest absolute Gasteiger partial charge is 0.490 e. The fourth-order valence-electron chi connectivity index (χ4n) is 3.69. The van der Waals surface area contributed by atoms with Gasteiger partial charge in [0.15, 0.2) is 0 Å². The molecule has 1 aliphatic carbocycles. The number of ether oxygens (including phenoxy) is 1. The van der Waals surface area contributed by atoms with Crippen LogP contribution in [0.1, 0.15) is 45.7 Å². The molecular weight excluding hydrogens is 354 g/mol.